The molecule has 0 unspecified atom stereocenters. The summed E-state index contributed by atoms with van der Waals surface area (Å²) in [6.45, 7) is 0. The highest BCUT2D eigenvalue weighted by atomic mass is 32.1. The molecule has 24 heavy (non-hydrogen) atoms. The highest BCUT2D eigenvalue weighted by molar-refractivity contribution is 7.18. The second-order valence-electron chi connectivity index (χ2n) is 5.46. The Morgan fingerprint density at radius 3 is 1.71 bits per heavy atom. The number of benzene rings is 3. The van der Waals surface area contributed by atoms with E-state index in [-0.39, 0.29) is 5.88 Å². The topological polar surface area (TPSA) is 24.1 Å². The van der Waals surface area contributed by atoms with E-state index < -0.39 is 0 Å². The van der Waals surface area contributed by atoms with E-state index in [0.717, 1.165) is 26.7 Å². The van der Waals surface area contributed by atoms with Crippen molar-refractivity contribution in [2.75, 3.05) is 0 Å². The average molecular weight is 330 g/mol. The van der Waals surface area contributed by atoms with E-state index in [9.17, 15) is 5.11 Å². The Kier molecular flexibility index (Phi) is 3.85. The van der Waals surface area contributed by atoms with Crippen LogP contribution in [0.4, 0.5) is 0 Å². The molecule has 0 aliphatic rings. The highest BCUT2D eigenvalue weighted by Crippen LogP contribution is 2.38. The number of para-hydroxylation sites is 1. The first kappa shape index (κ1) is 14.7. The van der Waals surface area contributed by atoms with Crippen LogP contribution in [0.25, 0.3) is 26.7 Å². The van der Waals surface area contributed by atoms with Crippen molar-refractivity contribution in [1.29, 1.82) is 0 Å². The van der Waals surface area contributed by atoms with Crippen LogP contribution in [0.2, 0.25) is 0 Å². The van der Waals surface area contributed by atoms with Gasteiger partial charge in [0.25, 0.3) is 5.01 Å². The predicted molar refractivity (Wildman–Crippen MR) is 98.4 cm³/mol. The molecule has 3 heteroatoms. The molecule has 1 heterocycles. The number of hydrogen-bond acceptors (Lipinski definition) is 2. The van der Waals surface area contributed by atoms with Crippen LogP contribution in [-0.4, -0.2) is 5.11 Å². The summed E-state index contributed by atoms with van der Waals surface area (Å²) in [7, 11) is 0. The minimum atomic E-state index is 0.274. The average Bonchev–Trinajstić information content (AvgIpc) is 3.01. The van der Waals surface area contributed by atoms with Crippen molar-refractivity contribution in [3.63, 3.8) is 0 Å². The van der Waals surface area contributed by atoms with Gasteiger partial charge in [0.1, 0.15) is 0 Å². The summed E-state index contributed by atoms with van der Waals surface area (Å²) in [5.41, 5.74) is 3.06. The Labute approximate surface area is 144 Å². The zero-order chi connectivity index (χ0) is 16.4. The van der Waals surface area contributed by atoms with E-state index in [2.05, 4.69) is 12.1 Å². The van der Waals surface area contributed by atoms with Gasteiger partial charge in [-0.15, -0.1) is 4.57 Å². The van der Waals surface area contributed by atoms with Crippen molar-refractivity contribution in [2.45, 2.75) is 0 Å². The number of rotatable bonds is 3. The molecule has 0 atom stereocenters. The lowest BCUT2D eigenvalue weighted by Gasteiger charge is -1.98. The smallest absolute Gasteiger partial charge is 0.391 e. The molecule has 0 saturated heterocycles. The van der Waals surface area contributed by atoms with Crippen LogP contribution in [-0.2, 0) is 0 Å². The number of nitrogens with zero attached hydrogens (tertiary/aromatic N) is 1. The summed E-state index contributed by atoms with van der Waals surface area (Å²) in [6.07, 6.45) is 0. The molecule has 1 aromatic heterocycles. The molecule has 4 rings (SSSR count). The van der Waals surface area contributed by atoms with Gasteiger partial charge < -0.3 is 5.11 Å². The quantitative estimate of drug-likeness (QED) is 0.521. The number of hydrogen-bond donors (Lipinski definition) is 1. The molecule has 116 valence electrons. The summed E-state index contributed by atoms with van der Waals surface area (Å²) in [5, 5.41) is 12.0. The van der Waals surface area contributed by atoms with Crippen molar-refractivity contribution < 1.29 is 9.67 Å². The summed E-state index contributed by atoms with van der Waals surface area (Å²) < 4.78 is 1.92. The minimum absolute atomic E-state index is 0.274. The van der Waals surface area contributed by atoms with Crippen molar-refractivity contribution in [3.05, 3.63) is 91.0 Å². The zero-order valence-corrected chi connectivity index (χ0v) is 13.8. The van der Waals surface area contributed by atoms with Crippen molar-refractivity contribution in [2.24, 2.45) is 0 Å². The molecular weight excluding hydrogens is 314 g/mol. The molecule has 4 aromatic rings. The van der Waals surface area contributed by atoms with Crippen LogP contribution >= 0.6 is 11.3 Å². The molecule has 0 spiro atoms. The molecule has 0 saturated carbocycles. The third-order valence-electron chi connectivity index (χ3n) is 3.89. The van der Waals surface area contributed by atoms with Crippen LogP contribution in [0.5, 0.6) is 5.88 Å². The SMILES string of the molecule is Oc1c(-c2ccccc2)sc(-c2ccccc2)[n+]1-c1ccccc1. The number of aromatic nitrogens is 1. The first-order chi connectivity index (χ1) is 11.8. The Balaban J connectivity index is 1.99. The molecule has 1 N–H and O–H groups in total. The fourth-order valence-corrected chi connectivity index (χ4v) is 3.92. The molecule has 2 nitrogen and oxygen atoms in total. The first-order valence-electron chi connectivity index (χ1n) is 7.78. The molecule has 0 aliphatic carbocycles. The van der Waals surface area contributed by atoms with Gasteiger partial charge in [0.2, 0.25) is 5.69 Å². The van der Waals surface area contributed by atoms with Gasteiger partial charge in [0, 0.05) is 17.7 Å². The maximum atomic E-state index is 11.0. The Bertz CT molecular complexity index is 947. The van der Waals surface area contributed by atoms with E-state index in [1.54, 1.807) is 11.3 Å². The second-order valence-corrected chi connectivity index (χ2v) is 6.46. The van der Waals surface area contributed by atoms with Gasteiger partial charge in [-0.05, 0) is 12.1 Å². The van der Waals surface area contributed by atoms with Gasteiger partial charge in [0.05, 0.1) is 5.56 Å². The van der Waals surface area contributed by atoms with Crippen molar-refractivity contribution in [3.8, 4) is 32.6 Å². The summed E-state index contributed by atoms with van der Waals surface area (Å²) in [4.78, 5) is 0.873. The predicted octanol–water partition coefficient (Wildman–Crippen LogP) is 5.06. The highest BCUT2D eigenvalue weighted by Gasteiger charge is 2.29. The van der Waals surface area contributed by atoms with Crippen LogP contribution in [0, 0.1) is 0 Å². The fourth-order valence-electron chi connectivity index (χ4n) is 2.75. The van der Waals surface area contributed by atoms with E-state index in [4.69, 9.17) is 0 Å². The Hall–Kier alpha value is -2.91. The van der Waals surface area contributed by atoms with Crippen LogP contribution in [0.15, 0.2) is 91.0 Å². The first-order valence-corrected chi connectivity index (χ1v) is 8.60. The monoisotopic (exact) mass is 330 g/mol. The van der Waals surface area contributed by atoms with Gasteiger partial charge >= 0.3 is 5.88 Å². The second kappa shape index (κ2) is 6.30. The van der Waals surface area contributed by atoms with E-state index >= 15 is 0 Å². The lowest BCUT2D eigenvalue weighted by atomic mass is 10.2. The number of thiazole rings is 1. The molecule has 0 aliphatic heterocycles. The van der Waals surface area contributed by atoms with Gasteiger partial charge in [-0.25, -0.2) is 0 Å². The summed E-state index contributed by atoms with van der Waals surface area (Å²) in [5.74, 6) is 0.274. The Morgan fingerprint density at radius 2 is 1.12 bits per heavy atom. The molecule has 0 amide bonds. The zero-order valence-electron chi connectivity index (χ0n) is 13.0. The lowest BCUT2D eigenvalue weighted by molar-refractivity contribution is -0.587. The van der Waals surface area contributed by atoms with Crippen LogP contribution in [0.1, 0.15) is 0 Å². The number of aromatic hydroxyl groups is 1. The third kappa shape index (κ3) is 2.59. The molecule has 3 aromatic carbocycles. The maximum Gasteiger partial charge on any atom is 0.391 e. The van der Waals surface area contributed by atoms with E-state index in [1.807, 2.05) is 83.4 Å². The van der Waals surface area contributed by atoms with Crippen LogP contribution < -0.4 is 4.57 Å². The molecule has 0 fully saturated rings. The van der Waals surface area contributed by atoms with Crippen molar-refractivity contribution in [1.82, 2.24) is 0 Å². The van der Waals surface area contributed by atoms with Gasteiger partial charge in [-0.3, -0.25) is 0 Å². The van der Waals surface area contributed by atoms with Gasteiger partial charge in [0.15, 0.2) is 4.88 Å². The third-order valence-corrected chi connectivity index (χ3v) is 5.12. The maximum absolute atomic E-state index is 11.0. The van der Waals surface area contributed by atoms with Crippen molar-refractivity contribution >= 4 is 11.3 Å². The summed E-state index contributed by atoms with van der Waals surface area (Å²) in [6, 6.07) is 30.1. The van der Waals surface area contributed by atoms with Crippen LogP contribution in [0.3, 0.4) is 0 Å². The molecule has 0 bridgehead atoms. The molecular formula is C21H16NOS+. The van der Waals surface area contributed by atoms with Gasteiger partial charge in [-0.1, -0.05) is 78.1 Å². The summed E-state index contributed by atoms with van der Waals surface area (Å²) >= 11 is 1.60. The normalized spacial score (nSPS) is 10.7. The largest absolute Gasteiger partial charge is 0.458 e. The van der Waals surface area contributed by atoms with E-state index in [1.165, 1.54) is 0 Å². The molecule has 0 radical (unpaired) electrons. The van der Waals surface area contributed by atoms with Gasteiger partial charge in [-0.2, -0.15) is 0 Å². The minimum Gasteiger partial charge on any atom is -0.458 e. The standard InChI is InChI=1S/C21H15NOS/c23-20-19(16-10-4-1-5-11-16)24-21(17-12-6-2-7-13-17)22(20)18-14-8-3-9-15-18/h1-15H/p+1. The Morgan fingerprint density at radius 1 is 0.625 bits per heavy atom. The fraction of sp³-hybridized carbons (Fsp3) is 0. The van der Waals surface area contributed by atoms with E-state index in [0.29, 0.717) is 0 Å². The lowest BCUT2D eigenvalue weighted by Crippen LogP contribution is -2.30.